The van der Waals surface area contributed by atoms with Gasteiger partial charge in [0.2, 0.25) is 5.88 Å². The molecule has 7 heteroatoms. The molecule has 1 aliphatic heterocycles. The second-order valence-electron chi connectivity index (χ2n) is 5.86. The van der Waals surface area contributed by atoms with Gasteiger partial charge in [0.25, 0.3) is 5.91 Å². The summed E-state index contributed by atoms with van der Waals surface area (Å²) in [5.41, 5.74) is 2.18. The van der Waals surface area contributed by atoms with Gasteiger partial charge in [-0.1, -0.05) is 36.7 Å². The van der Waals surface area contributed by atoms with Crippen LogP contribution in [0.5, 0.6) is 5.88 Å². The average molecular weight is 357 g/mol. The molecule has 128 valence electrons. The highest BCUT2D eigenvalue weighted by atomic mass is 35.5. The summed E-state index contributed by atoms with van der Waals surface area (Å²) in [5, 5.41) is 3.94. The SMILES string of the molecule is CCCn1c(-c2nc(Cl)c3c(n2)OCCNC3=O)cc2ccccc21. The van der Waals surface area contributed by atoms with Gasteiger partial charge in [-0.15, -0.1) is 0 Å². The Morgan fingerprint density at radius 2 is 2.16 bits per heavy atom. The number of rotatable bonds is 3. The van der Waals surface area contributed by atoms with Crippen molar-refractivity contribution in [3.63, 3.8) is 0 Å². The van der Waals surface area contributed by atoms with Crippen LogP contribution in [0.2, 0.25) is 5.15 Å². The lowest BCUT2D eigenvalue weighted by molar-refractivity contribution is 0.0957. The lowest BCUT2D eigenvalue weighted by atomic mass is 10.2. The van der Waals surface area contributed by atoms with Crippen molar-refractivity contribution in [2.45, 2.75) is 19.9 Å². The lowest BCUT2D eigenvalue weighted by Crippen LogP contribution is -2.24. The normalized spacial score (nSPS) is 13.9. The number of ether oxygens (including phenoxy) is 1. The maximum absolute atomic E-state index is 12.1. The van der Waals surface area contributed by atoms with E-state index in [1.807, 2.05) is 18.2 Å². The Morgan fingerprint density at radius 1 is 1.32 bits per heavy atom. The fourth-order valence-electron chi connectivity index (χ4n) is 3.08. The Bertz CT molecular complexity index is 967. The van der Waals surface area contributed by atoms with Gasteiger partial charge in [0, 0.05) is 17.4 Å². The molecule has 3 aromatic rings. The monoisotopic (exact) mass is 356 g/mol. The van der Waals surface area contributed by atoms with Crippen LogP contribution in [-0.2, 0) is 6.54 Å². The van der Waals surface area contributed by atoms with Crippen LogP contribution in [-0.4, -0.2) is 33.6 Å². The third-order valence-electron chi connectivity index (χ3n) is 4.17. The number of aromatic nitrogens is 3. The summed E-state index contributed by atoms with van der Waals surface area (Å²) < 4.78 is 7.78. The van der Waals surface area contributed by atoms with Gasteiger partial charge in [-0.25, -0.2) is 4.98 Å². The van der Waals surface area contributed by atoms with E-state index >= 15 is 0 Å². The van der Waals surface area contributed by atoms with Gasteiger partial charge >= 0.3 is 0 Å². The highest BCUT2D eigenvalue weighted by Gasteiger charge is 2.25. The van der Waals surface area contributed by atoms with Crippen molar-refractivity contribution in [3.8, 4) is 17.4 Å². The number of nitrogens with one attached hydrogen (secondary N) is 1. The van der Waals surface area contributed by atoms with Crippen molar-refractivity contribution in [1.82, 2.24) is 19.9 Å². The molecular formula is C18H17ClN4O2. The first kappa shape index (κ1) is 15.9. The molecule has 25 heavy (non-hydrogen) atoms. The number of para-hydroxylation sites is 1. The fourth-order valence-corrected chi connectivity index (χ4v) is 3.33. The summed E-state index contributed by atoms with van der Waals surface area (Å²) in [7, 11) is 0. The molecule has 0 atom stereocenters. The standard InChI is InChI=1S/C18H17ClN4O2/c1-2-8-23-12-6-4-3-5-11(12)10-13(23)16-21-15(19)14-17(24)20-7-9-25-18(14)22-16/h3-6,10H,2,7-9H2,1H3,(H,20,24). The van der Waals surface area contributed by atoms with Gasteiger partial charge in [0.1, 0.15) is 17.3 Å². The number of carbonyl (C=O) groups excluding carboxylic acids is 1. The number of aryl methyl sites for hydroxylation is 1. The zero-order valence-corrected chi connectivity index (χ0v) is 14.5. The fraction of sp³-hybridized carbons (Fsp3) is 0.278. The van der Waals surface area contributed by atoms with E-state index in [4.69, 9.17) is 16.3 Å². The van der Waals surface area contributed by atoms with Crippen LogP contribution in [0.3, 0.4) is 0 Å². The second kappa shape index (κ2) is 6.37. The summed E-state index contributed by atoms with van der Waals surface area (Å²) in [6.07, 6.45) is 0.975. The van der Waals surface area contributed by atoms with Crippen LogP contribution in [0.4, 0.5) is 0 Å². The van der Waals surface area contributed by atoms with Crippen LogP contribution >= 0.6 is 11.6 Å². The van der Waals surface area contributed by atoms with E-state index in [1.165, 1.54) is 0 Å². The molecule has 2 aromatic heterocycles. The number of carbonyl (C=O) groups is 1. The highest BCUT2D eigenvalue weighted by molar-refractivity contribution is 6.33. The number of benzene rings is 1. The summed E-state index contributed by atoms with van der Waals surface area (Å²) in [5.74, 6) is 0.388. The summed E-state index contributed by atoms with van der Waals surface area (Å²) >= 11 is 6.29. The van der Waals surface area contributed by atoms with Crippen LogP contribution in [0.1, 0.15) is 23.7 Å². The predicted molar refractivity (Wildman–Crippen MR) is 96.1 cm³/mol. The molecule has 0 saturated carbocycles. The minimum Gasteiger partial charge on any atom is -0.475 e. The minimum atomic E-state index is -0.307. The molecule has 0 bridgehead atoms. The van der Waals surface area contributed by atoms with Crippen molar-refractivity contribution in [3.05, 3.63) is 41.0 Å². The minimum absolute atomic E-state index is 0.104. The first-order valence-corrected chi connectivity index (χ1v) is 8.64. The Hall–Kier alpha value is -2.60. The maximum Gasteiger partial charge on any atom is 0.260 e. The molecule has 0 fully saturated rings. The quantitative estimate of drug-likeness (QED) is 0.731. The second-order valence-corrected chi connectivity index (χ2v) is 6.22. The molecule has 1 N–H and O–H groups in total. The van der Waals surface area contributed by atoms with Gasteiger partial charge < -0.3 is 14.6 Å². The number of fused-ring (bicyclic) bond motifs is 2. The largest absolute Gasteiger partial charge is 0.475 e. The first-order chi connectivity index (χ1) is 12.2. The van der Waals surface area contributed by atoms with Gasteiger partial charge in [0.15, 0.2) is 5.82 Å². The number of nitrogens with zero attached hydrogens (tertiary/aromatic N) is 3. The number of amides is 1. The van der Waals surface area contributed by atoms with Crippen molar-refractivity contribution in [2.24, 2.45) is 0 Å². The molecule has 1 aromatic carbocycles. The zero-order valence-electron chi connectivity index (χ0n) is 13.8. The zero-order chi connectivity index (χ0) is 17.4. The Morgan fingerprint density at radius 3 is 3.00 bits per heavy atom. The van der Waals surface area contributed by atoms with Gasteiger partial charge in [-0.2, -0.15) is 4.98 Å². The topological polar surface area (TPSA) is 69.0 Å². The molecule has 3 heterocycles. The van der Waals surface area contributed by atoms with E-state index in [0.717, 1.165) is 29.6 Å². The Kier molecular flexibility index (Phi) is 4.05. The van der Waals surface area contributed by atoms with E-state index in [-0.39, 0.29) is 22.5 Å². The molecule has 1 aliphatic rings. The summed E-state index contributed by atoms with van der Waals surface area (Å²) in [4.78, 5) is 21.0. The molecule has 1 amide bonds. The Balaban J connectivity index is 1.92. The summed E-state index contributed by atoms with van der Waals surface area (Å²) in [6.45, 7) is 3.72. The third-order valence-corrected chi connectivity index (χ3v) is 4.45. The van der Waals surface area contributed by atoms with E-state index in [9.17, 15) is 4.79 Å². The van der Waals surface area contributed by atoms with Crippen molar-refractivity contribution >= 4 is 28.4 Å². The molecule has 0 saturated heterocycles. The van der Waals surface area contributed by atoms with Crippen molar-refractivity contribution in [1.29, 1.82) is 0 Å². The van der Waals surface area contributed by atoms with E-state index < -0.39 is 0 Å². The van der Waals surface area contributed by atoms with Crippen LogP contribution in [0.15, 0.2) is 30.3 Å². The molecule has 0 unspecified atom stereocenters. The first-order valence-electron chi connectivity index (χ1n) is 8.26. The number of halogens is 1. The van der Waals surface area contributed by atoms with E-state index in [0.29, 0.717) is 19.0 Å². The van der Waals surface area contributed by atoms with Crippen molar-refractivity contribution < 1.29 is 9.53 Å². The van der Waals surface area contributed by atoms with Crippen LogP contribution in [0, 0.1) is 0 Å². The highest BCUT2D eigenvalue weighted by Crippen LogP contribution is 2.31. The number of hydrogen-bond acceptors (Lipinski definition) is 4. The summed E-state index contributed by atoms with van der Waals surface area (Å²) in [6, 6.07) is 10.2. The predicted octanol–water partition coefficient (Wildman–Crippen LogP) is 3.28. The van der Waals surface area contributed by atoms with Gasteiger partial charge in [0.05, 0.1) is 12.2 Å². The average Bonchev–Trinajstić information content (AvgIpc) is 2.86. The molecule has 0 radical (unpaired) electrons. The Labute approximate surface area is 149 Å². The third kappa shape index (κ3) is 2.72. The van der Waals surface area contributed by atoms with E-state index in [2.05, 4.69) is 38.9 Å². The van der Waals surface area contributed by atoms with E-state index in [1.54, 1.807) is 0 Å². The molecule has 0 spiro atoms. The number of hydrogen-bond donors (Lipinski definition) is 1. The molecular weight excluding hydrogens is 340 g/mol. The molecule has 0 aliphatic carbocycles. The molecule has 6 nitrogen and oxygen atoms in total. The van der Waals surface area contributed by atoms with Gasteiger partial charge in [-0.05, 0) is 18.6 Å². The smallest absolute Gasteiger partial charge is 0.260 e. The van der Waals surface area contributed by atoms with Crippen LogP contribution in [0.25, 0.3) is 22.4 Å². The van der Waals surface area contributed by atoms with Gasteiger partial charge in [-0.3, -0.25) is 4.79 Å². The van der Waals surface area contributed by atoms with Crippen LogP contribution < -0.4 is 10.1 Å². The maximum atomic E-state index is 12.1. The lowest BCUT2D eigenvalue weighted by Gasteiger charge is -2.11. The van der Waals surface area contributed by atoms with Crippen molar-refractivity contribution in [2.75, 3.05) is 13.2 Å². The molecule has 4 rings (SSSR count).